The summed E-state index contributed by atoms with van der Waals surface area (Å²) in [6, 6.07) is 7.15. The second-order valence-electron chi connectivity index (χ2n) is 10.1. The molecule has 0 aliphatic heterocycles. The van der Waals surface area contributed by atoms with Gasteiger partial charge in [0.1, 0.15) is 5.60 Å². The normalized spacial score (nSPS) is 15.4. The van der Waals surface area contributed by atoms with Gasteiger partial charge >= 0.3 is 12.1 Å². The zero-order chi connectivity index (χ0) is 25.9. The van der Waals surface area contributed by atoms with E-state index in [2.05, 4.69) is 5.32 Å². The number of methoxy groups -OCH3 is 1. The first-order chi connectivity index (χ1) is 15.8. The molecule has 0 aliphatic rings. The van der Waals surface area contributed by atoms with E-state index >= 15 is 0 Å². The summed E-state index contributed by atoms with van der Waals surface area (Å²) in [5.74, 6) is -0.505. The Kier molecular flexibility index (Phi) is 12.6. The molecule has 0 radical (unpaired) electrons. The van der Waals surface area contributed by atoms with Crippen LogP contribution in [0.25, 0.3) is 0 Å². The third-order valence-electron chi connectivity index (χ3n) is 4.97. The summed E-state index contributed by atoms with van der Waals surface area (Å²) in [7, 11) is 1.25. The van der Waals surface area contributed by atoms with Crippen LogP contribution in [0.3, 0.4) is 0 Å². The number of hydrogen-bond donors (Lipinski definition) is 2. The standard InChI is InChI=1S/C26H43NO7/c1-17(2)14-33-23(19(4)28)21(13-20-11-9-18(3)10-12-20)15-32-16-22(24(29)31-8)27-25(30)34-26(5,6)7/h9-12,17,19,21-23,28H,13-16H2,1-8H3,(H,27,30). The second kappa shape index (κ2) is 14.3. The number of aliphatic hydroxyl groups excluding tert-OH is 1. The average molecular weight is 482 g/mol. The molecule has 0 saturated heterocycles. The maximum atomic E-state index is 12.2. The minimum absolute atomic E-state index is 0.104. The van der Waals surface area contributed by atoms with Crippen LogP contribution in [0.1, 0.15) is 52.7 Å². The summed E-state index contributed by atoms with van der Waals surface area (Å²) in [5.41, 5.74) is 1.55. The van der Waals surface area contributed by atoms with E-state index in [-0.39, 0.29) is 19.1 Å². The summed E-state index contributed by atoms with van der Waals surface area (Å²) in [6.45, 7) is 13.6. The first kappa shape index (κ1) is 29.9. The number of nitrogens with one attached hydrogen (secondary N) is 1. The van der Waals surface area contributed by atoms with Crippen molar-refractivity contribution in [3.05, 3.63) is 35.4 Å². The Hall–Kier alpha value is -2.16. The monoisotopic (exact) mass is 481 g/mol. The predicted molar refractivity (Wildman–Crippen MR) is 131 cm³/mol. The molecule has 34 heavy (non-hydrogen) atoms. The molecule has 4 atom stereocenters. The molecule has 1 aromatic carbocycles. The third-order valence-corrected chi connectivity index (χ3v) is 4.97. The van der Waals surface area contributed by atoms with Gasteiger partial charge in [0, 0.05) is 12.5 Å². The highest BCUT2D eigenvalue weighted by Gasteiger charge is 2.30. The molecule has 0 saturated carbocycles. The lowest BCUT2D eigenvalue weighted by atomic mass is 9.91. The van der Waals surface area contributed by atoms with E-state index in [4.69, 9.17) is 18.9 Å². The lowest BCUT2D eigenvalue weighted by Gasteiger charge is -2.31. The molecule has 2 N–H and O–H groups in total. The molecule has 4 unspecified atom stereocenters. The highest BCUT2D eigenvalue weighted by Crippen LogP contribution is 2.21. The van der Waals surface area contributed by atoms with Crippen LogP contribution in [0.2, 0.25) is 0 Å². The maximum Gasteiger partial charge on any atom is 0.408 e. The van der Waals surface area contributed by atoms with Crippen molar-refractivity contribution < 1.29 is 33.6 Å². The molecule has 0 fully saturated rings. The number of esters is 1. The average Bonchev–Trinajstić information content (AvgIpc) is 2.72. The number of amides is 1. The van der Waals surface area contributed by atoms with Gasteiger partial charge in [-0.25, -0.2) is 9.59 Å². The Morgan fingerprint density at radius 3 is 2.15 bits per heavy atom. The first-order valence-corrected chi connectivity index (χ1v) is 11.8. The van der Waals surface area contributed by atoms with Gasteiger partial charge in [0.2, 0.25) is 0 Å². The number of rotatable bonds is 13. The van der Waals surface area contributed by atoms with Gasteiger partial charge < -0.3 is 29.4 Å². The van der Waals surface area contributed by atoms with Gasteiger partial charge in [-0.05, 0) is 52.5 Å². The van der Waals surface area contributed by atoms with Crippen LogP contribution in [-0.2, 0) is 30.2 Å². The molecule has 0 bridgehead atoms. The summed E-state index contributed by atoms with van der Waals surface area (Å²) in [4.78, 5) is 24.3. The highest BCUT2D eigenvalue weighted by atomic mass is 16.6. The van der Waals surface area contributed by atoms with Crippen molar-refractivity contribution in [1.29, 1.82) is 0 Å². The van der Waals surface area contributed by atoms with Crippen LogP contribution in [0, 0.1) is 18.8 Å². The third kappa shape index (κ3) is 11.8. The number of hydrogen-bond acceptors (Lipinski definition) is 7. The largest absolute Gasteiger partial charge is 0.467 e. The van der Waals surface area contributed by atoms with Gasteiger partial charge in [-0.2, -0.15) is 0 Å². The van der Waals surface area contributed by atoms with Crippen molar-refractivity contribution in [3.63, 3.8) is 0 Å². The van der Waals surface area contributed by atoms with E-state index < -0.39 is 35.9 Å². The van der Waals surface area contributed by atoms with Crippen LogP contribution in [0.15, 0.2) is 24.3 Å². The SMILES string of the molecule is COC(=O)C(COCC(Cc1ccc(C)cc1)C(OCC(C)C)C(C)O)NC(=O)OC(C)(C)C. The molecule has 0 aliphatic carbocycles. The minimum Gasteiger partial charge on any atom is -0.467 e. The fraction of sp³-hybridized carbons (Fsp3) is 0.692. The smallest absolute Gasteiger partial charge is 0.408 e. The van der Waals surface area contributed by atoms with Gasteiger partial charge in [-0.1, -0.05) is 43.7 Å². The fourth-order valence-corrected chi connectivity index (χ4v) is 3.37. The van der Waals surface area contributed by atoms with E-state index in [1.54, 1.807) is 27.7 Å². The van der Waals surface area contributed by atoms with Crippen LogP contribution in [0.4, 0.5) is 4.79 Å². The fourth-order valence-electron chi connectivity index (χ4n) is 3.37. The van der Waals surface area contributed by atoms with Crippen molar-refractivity contribution in [2.24, 2.45) is 11.8 Å². The van der Waals surface area contributed by atoms with Crippen LogP contribution in [0.5, 0.6) is 0 Å². The molecule has 194 valence electrons. The highest BCUT2D eigenvalue weighted by molar-refractivity contribution is 5.81. The molecule has 1 aromatic rings. The number of ether oxygens (including phenoxy) is 4. The molecule has 1 rings (SSSR count). The Morgan fingerprint density at radius 2 is 1.65 bits per heavy atom. The Balaban J connectivity index is 2.93. The molecule has 8 heteroatoms. The van der Waals surface area contributed by atoms with Crippen molar-refractivity contribution in [1.82, 2.24) is 5.32 Å². The minimum atomic E-state index is -1.03. The molecule has 0 aromatic heterocycles. The summed E-state index contributed by atoms with van der Waals surface area (Å²) >= 11 is 0. The lowest BCUT2D eigenvalue weighted by molar-refractivity contribution is -0.145. The van der Waals surface area contributed by atoms with Gasteiger partial charge in [-0.3, -0.25) is 0 Å². The van der Waals surface area contributed by atoms with E-state index in [1.807, 2.05) is 45.0 Å². The van der Waals surface area contributed by atoms with Crippen LogP contribution in [-0.4, -0.2) is 68.0 Å². The Morgan fingerprint density at radius 1 is 1.03 bits per heavy atom. The number of carbonyl (C=O) groups is 2. The van der Waals surface area contributed by atoms with Crippen LogP contribution < -0.4 is 5.32 Å². The predicted octanol–water partition coefficient (Wildman–Crippen LogP) is 3.66. The van der Waals surface area contributed by atoms with Gasteiger partial charge in [0.15, 0.2) is 6.04 Å². The number of aliphatic hydroxyl groups is 1. The van der Waals surface area contributed by atoms with Crippen molar-refractivity contribution in [2.45, 2.75) is 78.7 Å². The van der Waals surface area contributed by atoms with E-state index in [1.165, 1.54) is 7.11 Å². The van der Waals surface area contributed by atoms with E-state index in [9.17, 15) is 14.7 Å². The summed E-state index contributed by atoms with van der Waals surface area (Å²) in [6.07, 6.45) is -1.28. The quantitative estimate of drug-likeness (QED) is 0.415. The Labute approximate surface area is 204 Å². The number of aryl methyl sites for hydroxylation is 1. The van der Waals surface area contributed by atoms with Crippen molar-refractivity contribution in [2.75, 3.05) is 26.9 Å². The molecule has 0 heterocycles. The van der Waals surface area contributed by atoms with Crippen molar-refractivity contribution >= 4 is 12.1 Å². The first-order valence-electron chi connectivity index (χ1n) is 11.8. The molecular formula is C26H43NO7. The van der Waals surface area contributed by atoms with Crippen molar-refractivity contribution in [3.8, 4) is 0 Å². The summed E-state index contributed by atoms with van der Waals surface area (Å²) < 4.78 is 22.0. The Bertz CT molecular complexity index is 741. The van der Waals surface area contributed by atoms with Gasteiger partial charge in [0.25, 0.3) is 0 Å². The molecule has 8 nitrogen and oxygen atoms in total. The topological polar surface area (TPSA) is 103 Å². The molecular weight excluding hydrogens is 438 g/mol. The van der Waals surface area contributed by atoms with E-state index in [0.717, 1.165) is 11.1 Å². The zero-order valence-electron chi connectivity index (χ0n) is 21.9. The second-order valence-corrected chi connectivity index (χ2v) is 10.1. The number of alkyl carbamates (subject to hydrolysis) is 1. The molecule has 0 spiro atoms. The van der Waals surface area contributed by atoms with Crippen LogP contribution >= 0.6 is 0 Å². The summed E-state index contributed by atoms with van der Waals surface area (Å²) in [5, 5.41) is 13.0. The lowest BCUT2D eigenvalue weighted by Crippen LogP contribution is -2.47. The number of carbonyl (C=O) groups excluding carboxylic acids is 2. The zero-order valence-corrected chi connectivity index (χ0v) is 21.9. The van der Waals surface area contributed by atoms with Gasteiger partial charge in [-0.15, -0.1) is 0 Å². The van der Waals surface area contributed by atoms with E-state index in [0.29, 0.717) is 18.9 Å². The molecule has 1 amide bonds. The van der Waals surface area contributed by atoms with Gasteiger partial charge in [0.05, 0.1) is 32.5 Å². The number of benzene rings is 1. The maximum absolute atomic E-state index is 12.2.